The second-order valence-electron chi connectivity index (χ2n) is 7.55. The average molecular weight is 452 g/mol. The highest BCUT2D eigenvalue weighted by Crippen LogP contribution is 2.36. The Morgan fingerprint density at radius 1 is 0.848 bits per heavy atom. The molecule has 0 spiro atoms. The third-order valence-electron chi connectivity index (χ3n) is 5.09. The molecule has 0 aliphatic carbocycles. The van der Waals surface area contributed by atoms with Crippen LogP contribution in [0.1, 0.15) is 16.7 Å². The van der Waals surface area contributed by atoms with Crippen molar-refractivity contribution in [1.29, 1.82) is 0 Å². The Morgan fingerprint density at radius 2 is 1.58 bits per heavy atom. The summed E-state index contributed by atoms with van der Waals surface area (Å²) in [6.07, 6.45) is -4.86. The van der Waals surface area contributed by atoms with Crippen molar-refractivity contribution in [3.05, 3.63) is 95.2 Å². The van der Waals surface area contributed by atoms with Crippen molar-refractivity contribution in [2.45, 2.75) is 20.2 Å². The van der Waals surface area contributed by atoms with E-state index >= 15 is 0 Å². The zero-order chi connectivity index (χ0) is 23.8. The van der Waals surface area contributed by atoms with E-state index < -0.39 is 23.9 Å². The van der Waals surface area contributed by atoms with Crippen LogP contribution in [0, 0.1) is 13.8 Å². The van der Waals surface area contributed by atoms with Crippen LogP contribution in [-0.2, 0) is 9.59 Å². The molecule has 4 rings (SSSR count). The summed E-state index contributed by atoms with van der Waals surface area (Å²) in [7, 11) is 0. The number of amides is 2. The molecule has 0 bridgehead atoms. The number of carbonyl (C=O) groups is 2. The SMILES string of the molecule is Cc1ccc(C2=C(Nc3cccc(OC(F)(F)F)c3)C(=O)N(c3ccccc3)C2=O)c(C)c1. The van der Waals surface area contributed by atoms with E-state index in [1.54, 1.807) is 36.4 Å². The number of nitrogens with zero attached hydrogens (tertiary/aromatic N) is 1. The normalized spacial score (nSPS) is 14.2. The molecule has 2 amide bonds. The maximum atomic E-state index is 13.4. The lowest BCUT2D eigenvalue weighted by Crippen LogP contribution is -2.32. The van der Waals surface area contributed by atoms with Crippen LogP contribution >= 0.6 is 0 Å². The highest BCUT2D eigenvalue weighted by molar-refractivity contribution is 6.46. The first-order chi connectivity index (χ1) is 15.6. The summed E-state index contributed by atoms with van der Waals surface area (Å²) in [5.41, 5.74) is 3.01. The minimum atomic E-state index is -4.86. The van der Waals surface area contributed by atoms with Gasteiger partial charge in [-0.3, -0.25) is 9.59 Å². The highest BCUT2D eigenvalue weighted by Gasteiger charge is 2.40. The van der Waals surface area contributed by atoms with Crippen LogP contribution in [0.3, 0.4) is 0 Å². The van der Waals surface area contributed by atoms with Gasteiger partial charge in [0.25, 0.3) is 11.8 Å². The summed E-state index contributed by atoms with van der Waals surface area (Å²) in [6.45, 7) is 3.74. The van der Waals surface area contributed by atoms with Gasteiger partial charge in [0.05, 0.1) is 11.3 Å². The first-order valence-electron chi connectivity index (χ1n) is 10.0. The molecule has 3 aromatic rings. The Morgan fingerprint density at radius 3 is 2.24 bits per heavy atom. The lowest BCUT2D eigenvalue weighted by atomic mass is 9.97. The standard InChI is InChI=1S/C25H19F3N2O3/c1-15-11-12-20(16(2)13-15)21-22(24(32)30(23(21)31)18-8-4-3-5-9-18)29-17-7-6-10-19(14-17)33-25(26,27)28/h3-14,29H,1-2H3. The lowest BCUT2D eigenvalue weighted by molar-refractivity contribution is -0.274. The third-order valence-corrected chi connectivity index (χ3v) is 5.09. The van der Waals surface area contributed by atoms with Crippen molar-refractivity contribution in [3.63, 3.8) is 0 Å². The lowest BCUT2D eigenvalue weighted by Gasteiger charge is -2.15. The van der Waals surface area contributed by atoms with Crippen LogP contribution < -0.4 is 15.0 Å². The molecule has 0 aromatic heterocycles. The predicted octanol–water partition coefficient (Wildman–Crippen LogP) is 5.60. The molecular formula is C25H19F3N2O3. The quantitative estimate of drug-likeness (QED) is 0.512. The summed E-state index contributed by atoms with van der Waals surface area (Å²) < 4.78 is 41.9. The van der Waals surface area contributed by atoms with E-state index in [0.717, 1.165) is 28.2 Å². The van der Waals surface area contributed by atoms with Crippen molar-refractivity contribution >= 4 is 28.8 Å². The maximum absolute atomic E-state index is 13.4. The van der Waals surface area contributed by atoms with Gasteiger partial charge in [-0.15, -0.1) is 13.2 Å². The van der Waals surface area contributed by atoms with E-state index in [-0.39, 0.29) is 17.0 Å². The van der Waals surface area contributed by atoms with E-state index in [4.69, 9.17) is 0 Å². The fourth-order valence-corrected chi connectivity index (χ4v) is 3.72. The highest BCUT2D eigenvalue weighted by atomic mass is 19.4. The number of aryl methyl sites for hydroxylation is 2. The second-order valence-corrected chi connectivity index (χ2v) is 7.55. The first-order valence-corrected chi connectivity index (χ1v) is 10.0. The molecule has 5 nitrogen and oxygen atoms in total. The molecule has 1 N–H and O–H groups in total. The van der Waals surface area contributed by atoms with Crippen molar-refractivity contribution in [3.8, 4) is 5.75 Å². The minimum Gasteiger partial charge on any atom is -0.406 e. The van der Waals surface area contributed by atoms with Gasteiger partial charge in [-0.2, -0.15) is 0 Å². The molecule has 8 heteroatoms. The molecule has 0 saturated carbocycles. The topological polar surface area (TPSA) is 58.6 Å². The van der Waals surface area contributed by atoms with Gasteiger partial charge in [0.2, 0.25) is 0 Å². The molecule has 0 saturated heterocycles. The number of hydrogen-bond acceptors (Lipinski definition) is 4. The second kappa shape index (κ2) is 8.46. The Kier molecular flexibility index (Phi) is 5.68. The molecule has 0 fully saturated rings. The fraction of sp³-hybridized carbons (Fsp3) is 0.120. The largest absolute Gasteiger partial charge is 0.573 e. The van der Waals surface area contributed by atoms with Crippen LogP contribution in [0.5, 0.6) is 5.75 Å². The van der Waals surface area contributed by atoms with E-state index in [2.05, 4.69) is 10.1 Å². The number of ether oxygens (including phenoxy) is 1. The average Bonchev–Trinajstić information content (AvgIpc) is 2.97. The van der Waals surface area contributed by atoms with E-state index in [1.807, 2.05) is 26.0 Å². The summed E-state index contributed by atoms with van der Waals surface area (Å²) in [6, 6.07) is 19.0. The van der Waals surface area contributed by atoms with Crippen LogP contribution in [-0.4, -0.2) is 18.2 Å². The maximum Gasteiger partial charge on any atom is 0.573 e. The third kappa shape index (κ3) is 4.59. The Balaban J connectivity index is 1.80. The number of para-hydroxylation sites is 1. The van der Waals surface area contributed by atoms with E-state index in [9.17, 15) is 22.8 Å². The summed E-state index contributed by atoms with van der Waals surface area (Å²) in [4.78, 5) is 27.9. The van der Waals surface area contributed by atoms with Crippen molar-refractivity contribution in [2.75, 3.05) is 10.2 Å². The monoisotopic (exact) mass is 452 g/mol. The van der Waals surface area contributed by atoms with Crippen LogP contribution in [0.4, 0.5) is 24.5 Å². The number of anilines is 2. The van der Waals surface area contributed by atoms with Gasteiger partial charge >= 0.3 is 6.36 Å². The number of halogens is 3. The number of nitrogens with one attached hydrogen (secondary N) is 1. The van der Waals surface area contributed by atoms with Gasteiger partial charge in [0, 0.05) is 11.8 Å². The molecule has 0 atom stereocenters. The zero-order valence-corrected chi connectivity index (χ0v) is 17.7. The number of carbonyl (C=O) groups excluding carboxylic acids is 2. The Labute approximate surface area is 188 Å². The van der Waals surface area contributed by atoms with Crippen LogP contribution in [0.15, 0.2) is 78.5 Å². The predicted molar refractivity (Wildman–Crippen MR) is 119 cm³/mol. The van der Waals surface area contributed by atoms with Gasteiger partial charge in [-0.1, -0.05) is 48.0 Å². The number of rotatable bonds is 5. The van der Waals surface area contributed by atoms with Gasteiger partial charge in [-0.05, 0) is 49.2 Å². The molecular weight excluding hydrogens is 433 g/mol. The van der Waals surface area contributed by atoms with Gasteiger partial charge < -0.3 is 10.1 Å². The molecule has 1 aliphatic heterocycles. The van der Waals surface area contributed by atoms with Gasteiger partial charge in [-0.25, -0.2) is 4.90 Å². The summed E-state index contributed by atoms with van der Waals surface area (Å²) in [5, 5.41) is 2.86. The van der Waals surface area contributed by atoms with Crippen molar-refractivity contribution in [1.82, 2.24) is 0 Å². The number of imide groups is 1. The number of alkyl halides is 3. The Bertz CT molecular complexity index is 1270. The fourth-order valence-electron chi connectivity index (χ4n) is 3.72. The molecule has 33 heavy (non-hydrogen) atoms. The van der Waals surface area contributed by atoms with Crippen molar-refractivity contribution < 1.29 is 27.5 Å². The molecule has 3 aromatic carbocycles. The van der Waals surface area contributed by atoms with Gasteiger partial charge in [0.1, 0.15) is 11.4 Å². The molecule has 168 valence electrons. The van der Waals surface area contributed by atoms with Gasteiger partial charge in [0.15, 0.2) is 0 Å². The van der Waals surface area contributed by atoms with E-state index in [1.165, 1.54) is 12.1 Å². The summed E-state index contributed by atoms with van der Waals surface area (Å²) >= 11 is 0. The first kappa shape index (κ1) is 22.1. The van der Waals surface area contributed by atoms with Crippen LogP contribution in [0.25, 0.3) is 5.57 Å². The molecule has 0 unspecified atom stereocenters. The number of hydrogen-bond donors (Lipinski definition) is 1. The van der Waals surface area contributed by atoms with Crippen molar-refractivity contribution in [2.24, 2.45) is 0 Å². The minimum absolute atomic E-state index is 0.0278. The van der Waals surface area contributed by atoms with E-state index in [0.29, 0.717) is 11.3 Å². The summed E-state index contributed by atoms with van der Waals surface area (Å²) in [5.74, 6) is -1.58. The number of benzene rings is 3. The smallest absolute Gasteiger partial charge is 0.406 e. The zero-order valence-electron chi connectivity index (χ0n) is 17.7. The Hall–Kier alpha value is -4.07. The molecule has 0 radical (unpaired) electrons. The molecule has 1 aliphatic rings. The van der Waals surface area contributed by atoms with Crippen LogP contribution in [0.2, 0.25) is 0 Å². The molecule has 1 heterocycles.